The van der Waals surface area contributed by atoms with E-state index in [0.29, 0.717) is 5.75 Å². The summed E-state index contributed by atoms with van der Waals surface area (Å²) >= 11 is 1.45. The van der Waals surface area contributed by atoms with E-state index in [9.17, 15) is 4.79 Å². The lowest BCUT2D eigenvalue weighted by molar-refractivity contribution is -0.129. The molecule has 0 radical (unpaired) electrons. The molecular weight excluding hydrogens is 416 g/mol. The Labute approximate surface area is 192 Å². The average molecular weight is 441 g/mol. The van der Waals surface area contributed by atoms with E-state index in [1.165, 1.54) is 17.3 Å². The van der Waals surface area contributed by atoms with Crippen LogP contribution in [0.4, 0.5) is 0 Å². The number of amides is 1. The average Bonchev–Trinajstić information content (AvgIpc) is 3.52. The number of para-hydroxylation sites is 1. The number of hydrogen-bond acceptors (Lipinski definition) is 4. The van der Waals surface area contributed by atoms with Gasteiger partial charge in [-0.1, -0.05) is 90.6 Å². The molecule has 1 atom stereocenters. The lowest BCUT2D eigenvalue weighted by atomic mass is 10.0. The van der Waals surface area contributed by atoms with Crippen LogP contribution in [0.25, 0.3) is 17.1 Å². The van der Waals surface area contributed by atoms with Crippen LogP contribution in [0.15, 0.2) is 96.2 Å². The first kappa shape index (κ1) is 20.5. The molecule has 0 N–H and O–H groups in total. The standard InChI is InChI=1S/C26H24N4OS/c31-24(29-18-10-17-23(29)20-11-4-1-5-12-20)19-32-26-28-27-25(21-13-6-2-7-14-21)30(26)22-15-8-3-9-16-22/h1-9,11-16,23H,10,17-19H2. The number of carbonyl (C=O) groups is 1. The van der Waals surface area contributed by atoms with E-state index in [-0.39, 0.29) is 11.9 Å². The molecule has 0 bridgehead atoms. The first-order valence-corrected chi connectivity index (χ1v) is 11.8. The fourth-order valence-corrected chi connectivity index (χ4v) is 5.08. The summed E-state index contributed by atoms with van der Waals surface area (Å²) in [5, 5.41) is 9.64. The van der Waals surface area contributed by atoms with E-state index < -0.39 is 0 Å². The minimum atomic E-state index is 0.144. The molecule has 0 saturated carbocycles. The summed E-state index contributed by atoms with van der Waals surface area (Å²) in [7, 11) is 0. The molecule has 3 aromatic carbocycles. The number of likely N-dealkylation sites (tertiary alicyclic amines) is 1. The molecule has 2 heterocycles. The molecule has 32 heavy (non-hydrogen) atoms. The van der Waals surface area contributed by atoms with E-state index in [2.05, 4.69) is 22.3 Å². The topological polar surface area (TPSA) is 51.0 Å². The Morgan fingerprint density at radius 1 is 0.875 bits per heavy atom. The Balaban J connectivity index is 1.39. The van der Waals surface area contributed by atoms with Crippen molar-refractivity contribution in [2.45, 2.75) is 24.0 Å². The second-order valence-corrected chi connectivity index (χ2v) is 8.73. The van der Waals surface area contributed by atoms with Crippen molar-refractivity contribution in [3.63, 3.8) is 0 Å². The Bertz CT molecular complexity index is 1180. The van der Waals surface area contributed by atoms with Crippen molar-refractivity contribution < 1.29 is 4.79 Å². The van der Waals surface area contributed by atoms with Gasteiger partial charge in [-0.25, -0.2) is 0 Å². The van der Waals surface area contributed by atoms with Crippen molar-refractivity contribution >= 4 is 17.7 Å². The smallest absolute Gasteiger partial charge is 0.233 e. The van der Waals surface area contributed by atoms with Crippen LogP contribution in [-0.4, -0.2) is 37.9 Å². The largest absolute Gasteiger partial charge is 0.335 e. The SMILES string of the molecule is O=C(CSc1nnc(-c2ccccc2)n1-c1ccccc1)N1CCCC1c1ccccc1. The summed E-state index contributed by atoms with van der Waals surface area (Å²) in [4.78, 5) is 15.2. The van der Waals surface area contributed by atoms with Crippen LogP contribution >= 0.6 is 11.8 Å². The van der Waals surface area contributed by atoms with Gasteiger partial charge in [0.15, 0.2) is 11.0 Å². The zero-order valence-electron chi connectivity index (χ0n) is 17.7. The van der Waals surface area contributed by atoms with Gasteiger partial charge < -0.3 is 4.90 Å². The van der Waals surface area contributed by atoms with Crippen molar-refractivity contribution in [1.82, 2.24) is 19.7 Å². The molecule has 1 aromatic heterocycles. The van der Waals surface area contributed by atoms with Gasteiger partial charge in [0, 0.05) is 17.8 Å². The van der Waals surface area contributed by atoms with Gasteiger partial charge in [-0.2, -0.15) is 0 Å². The summed E-state index contributed by atoms with van der Waals surface area (Å²) in [6.07, 6.45) is 2.05. The predicted octanol–water partition coefficient (Wildman–Crippen LogP) is 5.39. The summed E-state index contributed by atoms with van der Waals surface area (Å²) in [6.45, 7) is 0.805. The molecule has 1 unspecified atom stereocenters. The molecule has 1 saturated heterocycles. The Kier molecular flexibility index (Phi) is 6.03. The predicted molar refractivity (Wildman–Crippen MR) is 128 cm³/mol. The van der Waals surface area contributed by atoms with Gasteiger partial charge in [-0.05, 0) is 30.5 Å². The van der Waals surface area contributed by atoms with E-state index in [4.69, 9.17) is 0 Å². The van der Waals surface area contributed by atoms with Crippen molar-refractivity contribution in [3.8, 4) is 17.1 Å². The highest BCUT2D eigenvalue weighted by Gasteiger charge is 2.30. The van der Waals surface area contributed by atoms with Crippen LogP contribution < -0.4 is 0 Å². The van der Waals surface area contributed by atoms with Crippen LogP contribution in [0.2, 0.25) is 0 Å². The number of thioether (sulfide) groups is 1. The second kappa shape index (κ2) is 9.40. The van der Waals surface area contributed by atoms with Gasteiger partial charge in [-0.3, -0.25) is 9.36 Å². The van der Waals surface area contributed by atoms with Crippen LogP contribution in [-0.2, 0) is 4.79 Å². The van der Waals surface area contributed by atoms with Gasteiger partial charge in [0.25, 0.3) is 0 Å². The molecule has 160 valence electrons. The molecule has 0 spiro atoms. The van der Waals surface area contributed by atoms with Crippen molar-refractivity contribution in [1.29, 1.82) is 0 Å². The van der Waals surface area contributed by atoms with Crippen LogP contribution in [0.1, 0.15) is 24.4 Å². The van der Waals surface area contributed by atoms with Gasteiger partial charge in [-0.15, -0.1) is 10.2 Å². The molecular formula is C26H24N4OS. The lowest BCUT2D eigenvalue weighted by Crippen LogP contribution is -2.32. The van der Waals surface area contributed by atoms with Gasteiger partial charge in [0.05, 0.1) is 11.8 Å². The van der Waals surface area contributed by atoms with E-state index in [1.807, 2.05) is 88.3 Å². The van der Waals surface area contributed by atoms with Crippen LogP contribution in [0.5, 0.6) is 0 Å². The number of nitrogens with zero attached hydrogens (tertiary/aromatic N) is 4. The Morgan fingerprint density at radius 3 is 2.25 bits per heavy atom. The van der Waals surface area contributed by atoms with E-state index >= 15 is 0 Å². The number of rotatable bonds is 6. The highest BCUT2D eigenvalue weighted by molar-refractivity contribution is 7.99. The molecule has 5 rings (SSSR count). The lowest BCUT2D eigenvalue weighted by Gasteiger charge is -2.25. The zero-order chi connectivity index (χ0) is 21.8. The second-order valence-electron chi connectivity index (χ2n) is 7.79. The fourth-order valence-electron chi connectivity index (χ4n) is 4.24. The molecule has 6 heteroatoms. The minimum absolute atomic E-state index is 0.144. The maximum atomic E-state index is 13.2. The highest BCUT2D eigenvalue weighted by Crippen LogP contribution is 2.33. The highest BCUT2D eigenvalue weighted by atomic mass is 32.2. The van der Waals surface area contributed by atoms with Gasteiger partial charge in [0.1, 0.15) is 0 Å². The maximum Gasteiger partial charge on any atom is 0.233 e. The van der Waals surface area contributed by atoms with Gasteiger partial charge >= 0.3 is 0 Å². The number of aromatic nitrogens is 3. The normalized spacial score (nSPS) is 15.8. The molecule has 1 aliphatic heterocycles. The third kappa shape index (κ3) is 4.18. The van der Waals surface area contributed by atoms with Crippen molar-refractivity contribution in [2.24, 2.45) is 0 Å². The molecule has 0 aliphatic carbocycles. The number of benzene rings is 3. The Morgan fingerprint density at radius 2 is 1.53 bits per heavy atom. The third-order valence-electron chi connectivity index (χ3n) is 5.76. The summed E-state index contributed by atoms with van der Waals surface area (Å²) < 4.78 is 2.03. The van der Waals surface area contributed by atoms with Crippen LogP contribution in [0, 0.1) is 0 Å². The quantitative estimate of drug-likeness (QED) is 0.377. The van der Waals surface area contributed by atoms with Crippen molar-refractivity contribution in [3.05, 3.63) is 96.6 Å². The zero-order valence-corrected chi connectivity index (χ0v) is 18.5. The van der Waals surface area contributed by atoms with Crippen LogP contribution in [0.3, 0.4) is 0 Å². The van der Waals surface area contributed by atoms with E-state index in [0.717, 1.165) is 41.6 Å². The summed E-state index contributed by atoms with van der Waals surface area (Å²) in [5.41, 5.74) is 3.18. The molecule has 4 aromatic rings. The number of carbonyl (C=O) groups excluding carboxylic acids is 1. The fraction of sp³-hybridized carbons (Fsp3) is 0.192. The summed E-state index contributed by atoms with van der Waals surface area (Å²) in [5.74, 6) is 1.25. The van der Waals surface area contributed by atoms with Crippen molar-refractivity contribution in [2.75, 3.05) is 12.3 Å². The molecule has 1 fully saturated rings. The van der Waals surface area contributed by atoms with Gasteiger partial charge in [0.2, 0.25) is 5.91 Å². The number of hydrogen-bond donors (Lipinski definition) is 0. The monoisotopic (exact) mass is 440 g/mol. The molecule has 1 aliphatic rings. The summed E-state index contributed by atoms with van der Waals surface area (Å²) in [6, 6.07) is 30.6. The van der Waals surface area contributed by atoms with E-state index in [1.54, 1.807) is 0 Å². The Hall–Kier alpha value is -3.38. The minimum Gasteiger partial charge on any atom is -0.335 e. The molecule has 1 amide bonds. The first-order valence-electron chi connectivity index (χ1n) is 10.8. The maximum absolute atomic E-state index is 13.2. The first-order chi connectivity index (χ1) is 15.8. The third-order valence-corrected chi connectivity index (χ3v) is 6.68. The molecule has 5 nitrogen and oxygen atoms in total.